The Morgan fingerprint density at radius 3 is 2.47 bits per heavy atom. The van der Waals surface area contributed by atoms with Crippen LogP contribution >= 0.6 is 27.5 Å². The van der Waals surface area contributed by atoms with Crippen LogP contribution in [0.5, 0.6) is 0 Å². The molecule has 2 nitrogen and oxygen atoms in total. The standard InChI is InChI=1S/C11H12BrClN2/c12-8-4-7(5-9(13)6-8)11(10(14)15)2-1-3-11/h4-6H,1-3H2,(H3,14,15). The second kappa shape index (κ2) is 3.80. The summed E-state index contributed by atoms with van der Waals surface area (Å²) < 4.78 is 0.942. The average Bonchev–Trinajstić information content (AvgIpc) is 1.97. The molecule has 1 aliphatic carbocycles. The quantitative estimate of drug-likeness (QED) is 0.635. The van der Waals surface area contributed by atoms with Gasteiger partial charge in [-0.05, 0) is 36.6 Å². The summed E-state index contributed by atoms with van der Waals surface area (Å²) in [6.07, 6.45) is 3.04. The van der Waals surface area contributed by atoms with Gasteiger partial charge in [0, 0.05) is 9.50 Å². The van der Waals surface area contributed by atoms with Crippen molar-refractivity contribution in [1.82, 2.24) is 0 Å². The van der Waals surface area contributed by atoms with E-state index in [0.29, 0.717) is 5.02 Å². The number of nitrogens with one attached hydrogen (secondary N) is 1. The number of rotatable bonds is 2. The Morgan fingerprint density at radius 2 is 2.07 bits per heavy atom. The Kier molecular flexibility index (Phi) is 2.77. The molecule has 1 aromatic carbocycles. The molecule has 1 fully saturated rings. The van der Waals surface area contributed by atoms with Crippen LogP contribution in [0.4, 0.5) is 0 Å². The first-order chi connectivity index (χ1) is 7.04. The third kappa shape index (κ3) is 1.79. The lowest BCUT2D eigenvalue weighted by atomic mass is 9.64. The van der Waals surface area contributed by atoms with Crippen LogP contribution in [0, 0.1) is 5.41 Å². The van der Waals surface area contributed by atoms with E-state index < -0.39 is 0 Å². The van der Waals surface area contributed by atoms with Crippen molar-refractivity contribution in [3.05, 3.63) is 33.3 Å². The summed E-state index contributed by atoms with van der Waals surface area (Å²) in [5.41, 5.74) is 6.49. The maximum Gasteiger partial charge on any atom is 0.101 e. The van der Waals surface area contributed by atoms with Crippen LogP contribution in [0.1, 0.15) is 24.8 Å². The minimum atomic E-state index is -0.257. The van der Waals surface area contributed by atoms with Gasteiger partial charge in [-0.15, -0.1) is 0 Å². The fourth-order valence-electron chi connectivity index (χ4n) is 2.07. The zero-order valence-corrected chi connectivity index (χ0v) is 10.5. The molecule has 0 atom stereocenters. The van der Waals surface area contributed by atoms with Crippen molar-refractivity contribution in [1.29, 1.82) is 5.41 Å². The molecule has 0 unspecified atom stereocenters. The molecule has 0 radical (unpaired) electrons. The van der Waals surface area contributed by atoms with E-state index in [2.05, 4.69) is 15.9 Å². The zero-order chi connectivity index (χ0) is 11.1. The summed E-state index contributed by atoms with van der Waals surface area (Å²) >= 11 is 9.41. The van der Waals surface area contributed by atoms with Crippen molar-refractivity contribution in [2.75, 3.05) is 0 Å². The van der Waals surface area contributed by atoms with E-state index in [9.17, 15) is 0 Å². The summed E-state index contributed by atoms with van der Waals surface area (Å²) in [4.78, 5) is 0. The molecular formula is C11H12BrClN2. The molecule has 3 N–H and O–H groups in total. The highest BCUT2D eigenvalue weighted by Gasteiger charge is 2.42. The van der Waals surface area contributed by atoms with Crippen molar-refractivity contribution in [3.63, 3.8) is 0 Å². The van der Waals surface area contributed by atoms with Crippen molar-refractivity contribution in [2.45, 2.75) is 24.7 Å². The molecule has 1 saturated carbocycles. The lowest BCUT2D eigenvalue weighted by molar-refractivity contribution is 0.336. The largest absolute Gasteiger partial charge is 0.387 e. The van der Waals surface area contributed by atoms with Gasteiger partial charge in [0.05, 0.1) is 5.41 Å². The van der Waals surface area contributed by atoms with E-state index in [1.807, 2.05) is 18.2 Å². The highest BCUT2D eigenvalue weighted by molar-refractivity contribution is 9.10. The monoisotopic (exact) mass is 286 g/mol. The predicted molar refractivity (Wildman–Crippen MR) is 66.6 cm³/mol. The molecule has 0 bridgehead atoms. The van der Waals surface area contributed by atoms with E-state index in [0.717, 1.165) is 29.3 Å². The topological polar surface area (TPSA) is 49.9 Å². The summed E-state index contributed by atoms with van der Waals surface area (Å²) in [6, 6.07) is 5.76. The van der Waals surface area contributed by atoms with Crippen LogP contribution in [0.15, 0.2) is 22.7 Å². The van der Waals surface area contributed by atoms with Crippen LogP contribution in [0.3, 0.4) is 0 Å². The normalized spacial score (nSPS) is 18.3. The van der Waals surface area contributed by atoms with Crippen molar-refractivity contribution >= 4 is 33.4 Å². The van der Waals surface area contributed by atoms with Gasteiger partial charge in [0.2, 0.25) is 0 Å². The van der Waals surface area contributed by atoms with Gasteiger partial charge in [-0.25, -0.2) is 0 Å². The summed E-state index contributed by atoms with van der Waals surface area (Å²) in [6.45, 7) is 0. The summed E-state index contributed by atoms with van der Waals surface area (Å²) in [5.74, 6) is 0.253. The van der Waals surface area contributed by atoms with Crippen LogP contribution in [-0.2, 0) is 5.41 Å². The first kappa shape index (κ1) is 11.0. The minimum Gasteiger partial charge on any atom is -0.387 e. The van der Waals surface area contributed by atoms with E-state index >= 15 is 0 Å². The first-order valence-corrected chi connectivity index (χ1v) is 6.03. The van der Waals surface area contributed by atoms with E-state index in [-0.39, 0.29) is 11.3 Å². The molecule has 0 heterocycles. The summed E-state index contributed by atoms with van der Waals surface area (Å²) in [5, 5.41) is 8.38. The molecule has 4 heteroatoms. The summed E-state index contributed by atoms with van der Waals surface area (Å²) in [7, 11) is 0. The molecule has 0 aliphatic heterocycles. The number of halogens is 2. The van der Waals surface area contributed by atoms with E-state index in [4.69, 9.17) is 22.7 Å². The Morgan fingerprint density at radius 1 is 1.40 bits per heavy atom. The first-order valence-electron chi connectivity index (χ1n) is 4.86. The van der Waals surface area contributed by atoms with Crippen molar-refractivity contribution in [3.8, 4) is 0 Å². The maximum absolute atomic E-state index is 7.70. The van der Waals surface area contributed by atoms with Gasteiger partial charge < -0.3 is 5.73 Å². The number of amidine groups is 1. The van der Waals surface area contributed by atoms with Gasteiger partial charge in [-0.2, -0.15) is 0 Å². The molecule has 2 rings (SSSR count). The molecular weight excluding hydrogens is 275 g/mol. The Balaban J connectivity index is 2.47. The van der Waals surface area contributed by atoms with Gasteiger partial charge in [0.25, 0.3) is 0 Å². The third-order valence-corrected chi connectivity index (χ3v) is 3.81. The molecule has 0 amide bonds. The molecule has 1 aromatic rings. The fourth-order valence-corrected chi connectivity index (χ4v) is 2.93. The van der Waals surface area contributed by atoms with Crippen molar-refractivity contribution in [2.24, 2.45) is 5.73 Å². The minimum absolute atomic E-state index is 0.253. The Hall–Kier alpha value is -0.540. The van der Waals surface area contributed by atoms with Crippen LogP contribution < -0.4 is 5.73 Å². The van der Waals surface area contributed by atoms with Crippen molar-refractivity contribution < 1.29 is 0 Å². The smallest absolute Gasteiger partial charge is 0.101 e. The maximum atomic E-state index is 7.70. The van der Waals surface area contributed by atoms with E-state index in [1.54, 1.807) is 0 Å². The SMILES string of the molecule is N=C(N)C1(c2cc(Cl)cc(Br)c2)CCC1. The Labute approximate surface area is 102 Å². The molecule has 1 aliphatic rings. The lowest BCUT2D eigenvalue weighted by Crippen LogP contribution is -2.46. The number of nitrogens with two attached hydrogens (primary N) is 1. The Bertz CT molecular complexity index is 393. The second-order valence-corrected chi connectivity index (χ2v) is 5.36. The second-order valence-electron chi connectivity index (χ2n) is 4.01. The predicted octanol–water partition coefficient (Wildman–Crippen LogP) is 3.46. The van der Waals surface area contributed by atoms with Crippen LogP contribution in [0.25, 0.3) is 0 Å². The highest BCUT2D eigenvalue weighted by Crippen LogP contribution is 2.44. The molecule has 80 valence electrons. The van der Waals surface area contributed by atoms with Gasteiger partial charge >= 0.3 is 0 Å². The highest BCUT2D eigenvalue weighted by atomic mass is 79.9. The third-order valence-electron chi connectivity index (χ3n) is 3.14. The zero-order valence-electron chi connectivity index (χ0n) is 8.19. The number of hydrogen-bond donors (Lipinski definition) is 2. The molecule has 0 aromatic heterocycles. The van der Waals surface area contributed by atoms with Gasteiger partial charge in [0.1, 0.15) is 5.84 Å². The molecule has 15 heavy (non-hydrogen) atoms. The van der Waals surface area contributed by atoms with E-state index in [1.165, 1.54) is 0 Å². The lowest BCUT2D eigenvalue weighted by Gasteiger charge is -2.41. The number of hydrogen-bond acceptors (Lipinski definition) is 1. The van der Waals surface area contributed by atoms with Crippen LogP contribution in [0.2, 0.25) is 5.02 Å². The molecule has 0 spiro atoms. The molecule has 0 saturated heterocycles. The van der Waals surface area contributed by atoms with Gasteiger partial charge in [0.15, 0.2) is 0 Å². The average molecular weight is 288 g/mol. The van der Waals surface area contributed by atoms with Gasteiger partial charge in [-0.3, -0.25) is 5.41 Å². The van der Waals surface area contributed by atoms with Crippen LogP contribution in [-0.4, -0.2) is 5.84 Å². The fraction of sp³-hybridized carbons (Fsp3) is 0.364. The van der Waals surface area contributed by atoms with Gasteiger partial charge in [-0.1, -0.05) is 34.0 Å². The number of benzene rings is 1.